The number of carbonyl (C=O) groups excluding carboxylic acids is 1. The second-order valence-electron chi connectivity index (χ2n) is 3.66. The van der Waals surface area contributed by atoms with E-state index in [0.29, 0.717) is 0 Å². The van der Waals surface area contributed by atoms with E-state index in [2.05, 4.69) is 5.32 Å². The molecule has 0 aliphatic heterocycles. The van der Waals surface area contributed by atoms with Gasteiger partial charge >= 0.3 is 5.97 Å². The molecule has 0 saturated carbocycles. The number of non-ortho nitro benzene ring substituents is 1. The molecule has 0 bridgehead atoms. The Morgan fingerprint density at radius 3 is 2.58 bits per heavy atom. The minimum absolute atomic E-state index is 0.0213. The number of carbonyl (C=O) groups is 2. The lowest BCUT2D eigenvalue weighted by molar-refractivity contribution is -0.384. The predicted octanol–water partition coefficient (Wildman–Crippen LogP) is 1.27. The summed E-state index contributed by atoms with van der Waals surface area (Å²) in [5.74, 6) is -1.91. The Balaban J connectivity index is 3.10. The zero-order valence-corrected chi connectivity index (χ0v) is 10.2. The Kier molecular flexibility index (Phi) is 4.54. The van der Waals surface area contributed by atoms with Crippen molar-refractivity contribution in [2.75, 3.05) is 12.4 Å². The second-order valence-corrected chi connectivity index (χ2v) is 3.66. The fraction of sp³-hybridized carbons (Fsp3) is 0.273. The highest BCUT2D eigenvalue weighted by Gasteiger charge is 2.19. The molecular weight excluding hydrogens is 256 g/mol. The van der Waals surface area contributed by atoms with Gasteiger partial charge in [0.1, 0.15) is 6.10 Å². The molecule has 1 unspecified atom stereocenters. The molecular formula is C11H12N2O6. The molecule has 1 atom stereocenters. The van der Waals surface area contributed by atoms with Gasteiger partial charge in [0, 0.05) is 19.2 Å². The first-order valence-corrected chi connectivity index (χ1v) is 5.22. The third-order valence-corrected chi connectivity index (χ3v) is 2.43. The van der Waals surface area contributed by atoms with Crippen LogP contribution in [0.2, 0.25) is 0 Å². The number of methoxy groups -OCH3 is 1. The van der Waals surface area contributed by atoms with Gasteiger partial charge in [0.15, 0.2) is 0 Å². The van der Waals surface area contributed by atoms with Crippen molar-refractivity contribution in [1.82, 2.24) is 0 Å². The number of nitro benzene ring substituents is 1. The van der Waals surface area contributed by atoms with Gasteiger partial charge in [-0.15, -0.1) is 0 Å². The summed E-state index contributed by atoms with van der Waals surface area (Å²) >= 11 is 0. The van der Waals surface area contributed by atoms with E-state index in [4.69, 9.17) is 9.84 Å². The fourth-order valence-electron chi connectivity index (χ4n) is 1.27. The van der Waals surface area contributed by atoms with Gasteiger partial charge in [0.05, 0.1) is 16.2 Å². The lowest BCUT2D eigenvalue weighted by Crippen LogP contribution is -2.27. The number of benzene rings is 1. The van der Waals surface area contributed by atoms with Gasteiger partial charge < -0.3 is 15.2 Å². The van der Waals surface area contributed by atoms with Crippen LogP contribution in [-0.4, -0.2) is 35.1 Å². The normalized spacial score (nSPS) is 11.7. The van der Waals surface area contributed by atoms with Crippen LogP contribution in [0.15, 0.2) is 18.2 Å². The number of carboxylic acids is 1. The van der Waals surface area contributed by atoms with Gasteiger partial charge in [-0.3, -0.25) is 14.9 Å². The molecule has 0 fully saturated rings. The Labute approximate surface area is 108 Å². The summed E-state index contributed by atoms with van der Waals surface area (Å²) in [6, 6.07) is 3.16. The number of hydrogen-bond acceptors (Lipinski definition) is 5. The van der Waals surface area contributed by atoms with E-state index in [1.807, 2.05) is 0 Å². The molecule has 0 radical (unpaired) electrons. The van der Waals surface area contributed by atoms with Gasteiger partial charge in [-0.2, -0.15) is 0 Å². The zero-order valence-electron chi connectivity index (χ0n) is 10.2. The topological polar surface area (TPSA) is 119 Å². The monoisotopic (exact) mass is 268 g/mol. The maximum atomic E-state index is 11.6. The Bertz CT molecular complexity index is 528. The molecule has 0 heterocycles. The average molecular weight is 268 g/mol. The molecule has 1 aromatic rings. The van der Waals surface area contributed by atoms with Crippen molar-refractivity contribution in [3.8, 4) is 0 Å². The number of rotatable bonds is 5. The molecule has 2 N–H and O–H groups in total. The second kappa shape index (κ2) is 5.91. The number of amides is 1. The van der Waals surface area contributed by atoms with Crippen LogP contribution >= 0.6 is 0 Å². The number of aromatic carboxylic acids is 1. The fourth-order valence-corrected chi connectivity index (χ4v) is 1.27. The third-order valence-electron chi connectivity index (χ3n) is 2.43. The van der Waals surface area contributed by atoms with Crippen molar-refractivity contribution in [2.24, 2.45) is 0 Å². The quantitative estimate of drug-likeness (QED) is 0.613. The zero-order chi connectivity index (χ0) is 14.6. The Morgan fingerprint density at radius 1 is 1.47 bits per heavy atom. The molecule has 0 saturated heterocycles. The first-order valence-electron chi connectivity index (χ1n) is 5.22. The van der Waals surface area contributed by atoms with Gasteiger partial charge in [-0.05, 0) is 13.0 Å². The number of carboxylic acid groups (broad SMARTS) is 1. The number of ether oxygens (including phenoxy) is 1. The summed E-state index contributed by atoms with van der Waals surface area (Å²) in [6.07, 6.45) is -0.767. The molecule has 1 amide bonds. The highest BCUT2D eigenvalue weighted by atomic mass is 16.6. The van der Waals surface area contributed by atoms with Gasteiger partial charge in [0.2, 0.25) is 0 Å². The van der Waals surface area contributed by atoms with Crippen LogP contribution in [0.3, 0.4) is 0 Å². The number of nitrogens with zero attached hydrogens (tertiary/aromatic N) is 1. The third kappa shape index (κ3) is 3.49. The number of anilines is 1. The molecule has 19 heavy (non-hydrogen) atoms. The molecule has 1 rings (SSSR count). The highest BCUT2D eigenvalue weighted by molar-refractivity contribution is 6.02. The smallest absolute Gasteiger partial charge is 0.338 e. The minimum Gasteiger partial charge on any atom is -0.478 e. The van der Waals surface area contributed by atoms with E-state index in [9.17, 15) is 19.7 Å². The lowest BCUT2D eigenvalue weighted by Gasteiger charge is -2.12. The first-order chi connectivity index (χ1) is 8.86. The van der Waals surface area contributed by atoms with Crippen molar-refractivity contribution in [1.29, 1.82) is 0 Å². The minimum atomic E-state index is -1.37. The Morgan fingerprint density at radius 2 is 2.11 bits per heavy atom. The summed E-state index contributed by atoms with van der Waals surface area (Å²) in [7, 11) is 1.33. The van der Waals surface area contributed by atoms with E-state index in [0.717, 1.165) is 12.1 Å². The predicted molar refractivity (Wildman–Crippen MR) is 65.2 cm³/mol. The molecule has 0 aliphatic rings. The van der Waals surface area contributed by atoms with Crippen LogP contribution in [0.5, 0.6) is 0 Å². The van der Waals surface area contributed by atoms with Crippen LogP contribution in [0.25, 0.3) is 0 Å². The molecule has 102 valence electrons. The highest BCUT2D eigenvalue weighted by Crippen LogP contribution is 2.22. The van der Waals surface area contributed by atoms with E-state index in [1.54, 1.807) is 0 Å². The van der Waals surface area contributed by atoms with Crippen LogP contribution < -0.4 is 5.32 Å². The van der Waals surface area contributed by atoms with E-state index >= 15 is 0 Å². The average Bonchev–Trinajstić information content (AvgIpc) is 2.37. The van der Waals surface area contributed by atoms with Crippen molar-refractivity contribution in [3.63, 3.8) is 0 Å². The van der Waals surface area contributed by atoms with Crippen molar-refractivity contribution < 1.29 is 24.4 Å². The first kappa shape index (κ1) is 14.6. The van der Waals surface area contributed by atoms with E-state index in [1.165, 1.54) is 20.1 Å². The van der Waals surface area contributed by atoms with Gasteiger partial charge in [-0.1, -0.05) is 0 Å². The van der Waals surface area contributed by atoms with Crippen LogP contribution in [0, 0.1) is 10.1 Å². The summed E-state index contributed by atoms with van der Waals surface area (Å²) in [6.45, 7) is 1.49. The van der Waals surface area contributed by atoms with E-state index in [-0.39, 0.29) is 16.9 Å². The molecule has 8 heteroatoms. The van der Waals surface area contributed by atoms with Crippen LogP contribution in [0.4, 0.5) is 11.4 Å². The largest absolute Gasteiger partial charge is 0.478 e. The molecule has 0 spiro atoms. The lowest BCUT2D eigenvalue weighted by atomic mass is 10.1. The van der Waals surface area contributed by atoms with Crippen molar-refractivity contribution in [2.45, 2.75) is 13.0 Å². The van der Waals surface area contributed by atoms with Crippen LogP contribution in [0.1, 0.15) is 17.3 Å². The SMILES string of the molecule is COC(C)C(=O)Nc1ccc([N+](=O)[O-])cc1C(=O)O. The molecule has 8 nitrogen and oxygen atoms in total. The molecule has 1 aromatic carbocycles. The summed E-state index contributed by atoms with van der Waals surface area (Å²) in [5, 5.41) is 21.9. The van der Waals surface area contributed by atoms with Crippen LogP contribution in [-0.2, 0) is 9.53 Å². The molecule has 0 aromatic heterocycles. The maximum Gasteiger partial charge on any atom is 0.338 e. The maximum absolute atomic E-state index is 11.6. The van der Waals surface area contributed by atoms with E-state index < -0.39 is 22.9 Å². The summed E-state index contributed by atoms with van der Waals surface area (Å²) in [5.41, 5.74) is -0.743. The number of nitrogens with one attached hydrogen (secondary N) is 1. The number of nitro groups is 1. The van der Waals surface area contributed by atoms with Gasteiger partial charge in [-0.25, -0.2) is 4.79 Å². The van der Waals surface area contributed by atoms with Gasteiger partial charge in [0.25, 0.3) is 11.6 Å². The van der Waals surface area contributed by atoms with Crippen molar-refractivity contribution >= 4 is 23.3 Å². The summed E-state index contributed by atoms with van der Waals surface area (Å²) < 4.78 is 4.78. The standard InChI is InChI=1S/C11H12N2O6/c1-6(19-2)10(14)12-9-4-3-7(13(17)18)5-8(9)11(15)16/h3-6H,1-2H3,(H,12,14)(H,15,16). The summed E-state index contributed by atoms with van der Waals surface area (Å²) in [4.78, 5) is 32.4. The van der Waals surface area contributed by atoms with Crippen molar-refractivity contribution in [3.05, 3.63) is 33.9 Å². The molecule has 0 aliphatic carbocycles. The Hall–Kier alpha value is -2.48. The number of hydrogen-bond donors (Lipinski definition) is 2.